The second-order valence-corrected chi connectivity index (χ2v) is 8.53. The molecule has 1 aliphatic rings. The molecule has 108 valence electrons. The van der Waals surface area contributed by atoms with Crippen LogP contribution in [-0.4, -0.2) is 6.54 Å². The van der Waals surface area contributed by atoms with E-state index < -0.39 is 0 Å². The number of rotatable bonds is 5. The van der Waals surface area contributed by atoms with Crippen LogP contribution >= 0.6 is 38.9 Å². The van der Waals surface area contributed by atoms with Gasteiger partial charge in [-0.05, 0) is 59.6 Å². The smallest absolute Gasteiger partial charge is 0.0887 e. The van der Waals surface area contributed by atoms with Crippen molar-refractivity contribution in [2.24, 2.45) is 11.8 Å². The zero-order valence-corrected chi connectivity index (χ0v) is 14.9. The standard InChI is InChI=1S/C15H23BrClNS/c1-3-8-18-14(11-6-4-10(2)5-7-11)13-9-12(17)15(16)19-13/h9-11,14,18H,3-8H2,1-2H3. The van der Waals surface area contributed by atoms with Gasteiger partial charge in [-0.15, -0.1) is 11.3 Å². The predicted octanol–water partition coefficient (Wildman–Crippen LogP) is 6.03. The largest absolute Gasteiger partial charge is 0.309 e. The van der Waals surface area contributed by atoms with Gasteiger partial charge in [-0.3, -0.25) is 0 Å². The quantitative estimate of drug-likeness (QED) is 0.672. The molecule has 1 aliphatic carbocycles. The third-order valence-electron chi connectivity index (χ3n) is 4.12. The van der Waals surface area contributed by atoms with Gasteiger partial charge in [0.1, 0.15) is 0 Å². The molecule has 1 saturated carbocycles. The summed E-state index contributed by atoms with van der Waals surface area (Å²) in [6, 6.07) is 2.63. The van der Waals surface area contributed by atoms with Crippen molar-refractivity contribution < 1.29 is 0 Å². The van der Waals surface area contributed by atoms with Crippen molar-refractivity contribution in [3.63, 3.8) is 0 Å². The Morgan fingerprint density at radius 2 is 2.11 bits per heavy atom. The van der Waals surface area contributed by atoms with E-state index >= 15 is 0 Å². The third kappa shape index (κ3) is 4.20. The Bertz CT molecular complexity index is 379. The van der Waals surface area contributed by atoms with E-state index in [1.807, 2.05) is 0 Å². The van der Waals surface area contributed by atoms with E-state index in [0.717, 1.165) is 27.2 Å². The molecular weight excluding hydrogens is 342 g/mol. The zero-order chi connectivity index (χ0) is 13.8. The van der Waals surface area contributed by atoms with Crippen molar-refractivity contribution in [1.82, 2.24) is 5.32 Å². The Labute approximate surface area is 134 Å². The normalized spacial score (nSPS) is 25.5. The van der Waals surface area contributed by atoms with Crippen molar-refractivity contribution in [3.8, 4) is 0 Å². The first-order chi connectivity index (χ1) is 9.11. The topological polar surface area (TPSA) is 12.0 Å². The lowest BCUT2D eigenvalue weighted by Gasteiger charge is -2.33. The number of halogens is 2. The van der Waals surface area contributed by atoms with Crippen LogP contribution < -0.4 is 5.32 Å². The summed E-state index contributed by atoms with van der Waals surface area (Å²) < 4.78 is 1.07. The minimum absolute atomic E-state index is 0.487. The van der Waals surface area contributed by atoms with Crippen molar-refractivity contribution in [1.29, 1.82) is 0 Å². The summed E-state index contributed by atoms with van der Waals surface area (Å²) in [6.07, 6.45) is 6.61. The lowest BCUT2D eigenvalue weighted by Crippen LogP contribution is -2.30. The summed E-state index contributed by atoms with van der Waals surface area (Å²) in [5, 5.41) is 4.60. The van der Waals surface area contributed by atoms with E-state index in [1.54, 1.807) is 11.3 Å². The van der Waals surface area contributed by atoms with Crippen molar-refractivity contribution >= 4 is 38.9 Å². The maximum absolute atomic E-state index is 6.21. The number of hydrogen-bond donors (Lipinski definition) is 1. The fourth-order valence-corrected chi connectivity index (χ4v) is 4.85. The molecule has 0 amide bonds. The van der Waals surface area contributed by atoms with Gasteiger partial charge >= 0.3 is 0 Å². The predicted molar refractivity (Wildman–Crippen MR) is 89.2 cm³/mol. The molecule has 0 aromatic carbocycles. The number of nitrogens with one attached hydrogen (secondary N) is 1. The van der Waals surface area contributed by atoms with Crippen LogP contribution in [0, 0.1) is 11.8 Å². The second-order valence-electron chi connectivity index (χ2n) is 5.72. The average Bonchev–Trinajstić information content (AvgIpc) is 2.72. The van der Waals surface area contributed by atoms with Gasteiger partial charge in [0.15, 0.2) is 0 Å². The van der Waals surface area contributed by atoms with Gasteiger partial charge in [0.05, 0.1) is 8.81 Å². The Kier molecular flexibility index (Phi) is 6.19. The van der Waals surface area contributed by atoms with Crippen molar-refractivity contribution in [2.45, 2.75) is 52.0 Å². The van der Waals surface area contributed by atoms with Crippen LogP contribution in [0.4, 0.5) is 0 Å². The fourth-order valence-electron chi connectivity index (χ4n) is 2.94. The molecule has 2 rings (SSSR count). The van der Waals surface area contributed by atoms with Crippen LogP contribution in [0.3, 0.4) is 0 Å². The Hall–Kier alpha value is 0.430. The molecule has 0 spiro atoms. The summed E-state index contributed by atoms with van der Waals surface area (Å²) in [7, 11) is 0. The molecule has 19 heavy (non-hydrogen) atoms. The Morgan fingerprint density at radius 1 is 1.42 bits per heavy atom. The molecule has 1 heterocycles. The van der Waals surface area contributed by atoms with Gasteiger partial charge in [0, 0.05) is 10.9 Å². The molecule has 1 unspecified atom stereocenters. The molecular formula is C15H23BrClNS. The van der Waals surface area contributed by atoms with Gasteiger partial charge in [-0.1, -0.05) is 38.3 Å². The van der Waals surface area contributed by atoms with Crippen LogP contribution in [0.2, 0.25) is 5.02 Å². The van der Waals surface area contributed by atoms with Gasteiger partial charge in [0.25, 0.3) is 0 Å². The maximum Gasteiger partial charge on any atom is 0.0887 e. The molecule has 1 N–H and O–H groups in total. The van der Waals surface area contributed by atoms with Gasteiger partial charge in [-0.2, -0.15) is 0 Å². The van der Waals surface area contributed by atoms with Gasteiger partial charge < -0.3 is 5.32 Å². The lowest BCUT2D eigenvalue weighted by atomic mass is 9.79. The molecule has 0 bridgehead atoms. The van der Waals surface area contributed by atoms with Gasteiger partial charge in [-0.25, -0.2) is 0 Å². The SMILES string of the molecule is CCCNC(c1cc(Cl)c(Br)s1)C1CCC(C)CC1. The second kappa shape index (κ2) is 7.44. The minimum atomic E-state index is 0.487. The van der Waals surface area contributed by atoms with E-state index in [9.17, 15) is 0 Å². The summed E-state index contributed by atoms with van der Waals surface area (Å²) >= 11 is 11.5. The summed E-state index contributed by atoms with van der Waals surface area (Å²) in [6.45, 7) is 5.69. The van der Waals surface area contributed by atoms with E-state index in [4.69, 9.17) is 11.6 Å². The molecule has 0 aliphatic heterocycles. The fraction of sp³-hybridized carbons (Fsp3) is 0.733. The van der Waals surface area contributed by atoms with E-state index in [0.29, 0.717) is 6.04 Å². The van der Waals surface area contributed by atoms with Gasteiger partial charge in [0.2, 0.25) is 0 Å². The molecule has 1 fully saturated rings. The monoisotopic (exact) mass is 363 g/mol. The number of thiophene rings is 1. The first kappa shape index (κ1) is 15.8. The molecule has 4 heteroatoms. The molecule has 1 nitrogen and oxygen atoms in total. The Morgan fingerprint density at radius 3 is 2.63 bits per heavy atom. The molecule has 1 aromatic rings. The molecule has 1 atom stereocenters. The van der Waals surface area contributed by atoms with E-state index in [-0.39, 0.29) is 0 Å². The van der Waals surface area contributed by atoms with Crippen LogP contribution in [0.1, 0.15) is 56.9 Å². The Balaban J connectivity index is 2.10. The van der Waals surface area contributed by atoms with E-state index in [2.05, 4.69) is 41.2 Å². The maximum atomic E-state index is 6.21. The first-order valence-corrected chi connectivity index (χ1v) is 9.28. The highest BCUT2D eigenvalue weighted by Crippen LogP contribution is 2.42. The summed E-state index contributed by atoms with van der Waals surface area (Å²) in [5.74, 6) is 1.67. The van der Waals surface area contributed by atoms with Crippen molar-refractivity contribution in [3.05, 3.63) is 19.8 Å². The highest BCUT2D eigenvalue weighted by Gasteiger charge is 2.28. The van der Waals surface area contributed by atoms with Crippen LogP contribution in [0.15, 0.2) is 9.85 Å². The zero-order valence-electron chi connectivity index (χ0n) is 11.7. The van der Waals surface area contributed by atoms with Crippen LogP contribution in [0.25, 0.3) is 0 Å². The summed E-state index contributed by atoms with van der Waals surface area (Å²) in [5.41, 5.74) is 0. The van der Waals surface area contributed by atoms with Crippen LogP contribution in [0.5, 0.6) is 0 Å². The lowest BCUT2D eigenvalue weighted by molar-refractivity contribution is 0.233. The van der Waals surface area contributed by atoms with E-state index in [1.165, 1.54) is 37.0 Å². The highest BCUT2D eigenvalue weighted by molar-refractivity contribution is 9.11. The number of hydrogen-bond acceptors (Lipinski definition) is 2. The summed E-state index contributed by atoms with van der Waals surface area (Å²) in [4.78, 5) is 1.39. The third-order valence-corrected chi connectivity index (χ3v) is 6.67. The molecule has 0 saturated heterocycles. The average molecular weight is 365 g/mol. The molecule has 0 radical (unpaired) electrons. The van der Waals surface area contributed by atoms with Crippen LogP contribution in [-0.2, 0) is 0 Å². The first-order valence-electron chi connectivity index (χ1n) is 7.30. The highest BCUT2D eigenvalue weighted by atomic mass is 79.9. The minimum Gasteiger partial charge on any atom is -0.309 e. The molecule has 1 aromatic heterocycles. The van der Waals surface area contributed by atoms with Crippen molar-refractivity contribution in [2.75, 3.05) is 6.54 Å².